The summed E-state index contributed by atoms with van der Waals surface area (Å²) < 4.78 is 11.4. The number of allylic oxidation sites excluding steroid dienone is 3. The molecule has 0 spiro atoms. The maximum absolute atomic E-state index is 12.1. The van der Waals surface area contributed by atoms with Gasteiger partial charge in [0.2, 0.25) is 5.91 Å². The molecule has 0 saturated heterocycles. The van der Waals surface area contributed by atoms with Crippen molar-refractivity contribution in [2.45, 2.75) is 12.8 Å². The van der Waals surface area contributed by atoms with Gasteiger partial charge in [-0.1, -0.05) is 35.6 Å². The normalized spacial score (nSPS) is 12.1. The molecule has 1 aromatic carbocycles. The van der Waals surface area contributed by atoms with Crippen molar-refractivity contribution in [2.24, 2.45) is 0 Å². The van der Waals surface area contributed by atoms with Gasteiger partial charge in [0.25, 0.3) is 0 Å². The predicted molar refractivity (Wildman–Crippen MR) is 103 cm³/mol. The minimum Gasteiger partial charge on any atom is -0.493 e. The number of nitrogens with one attached hydrogen (secondary N) is 1. The molecule has 0 atom stereocenters. The van der Waals surface area contributed by atoms with Crippen LogP contribution >= 0.6 is 22.9 Å². The Hall–Kier alpha value is -2.31. The van der Waals surface area contributed by atoms with Crippen LogP contribution in [0.4, 0.5) is 5.13 Å². The van der Waals surface area contributed by atoms with Gasteiger partial charge in [-0.25, -0.2) is 4.98 Å². The van der Waals surface area contributed by atoms with Gasteiger partial charge >= 0.3 is 0 Å². The van der Waals surface area contributed by atoms with Crippen LogP contribution in [0.1, 0.15) is 12.8 Å². The summed E-state index contributed by atoms with van der Waals surface area (Å²) in [5.74, 6) is 0.995. The molecule has 0 unspecified atom stereocenters. The number of thiazole rings is 1. The molecular formula is C18H19ClN2O3S. The Morgan fingerprint density at radius 2 is 2.12 bits per heavy atom. The number of hydrogen-bond acceptors (Lipinski definition) is 5. The lowest BCUT2D eigenvalue weighted by Crippen LogP contribution is -2.10. The molecule has 0 aliphatic rings. The van der Waals surface area contributed by atoms with E-state index >= 15 is 0 Å². The number of carbonyl (C=O) groups is 1. The van der Waals surface area contributed by atoms with Gasteiger partial charge in [0.15, 0.2) is 16.6 Å². The van der Waals surface area contributed by atoms with E-state index in [0.717, 1.165) is 10.2 Å². The summed E-state index contributed by atoms with van der Waals surface area (Å²) in [5, 5.41) is 4.01. The summed E-state index contributed by atoms with van der Waals surface area (Å²) in [4.78, 5) is 16.5. The summed E-state index contributed by atoms with van der Waals surface area (Å²) in [5.41, 5.74) is 0.811. The average molecular weight is 379 g/mol. The van der Waals surface area contributed by atoms with Crippen molar-refractivity contribution < 1.29 is 14.3 Å². The van der Waals surface area contributed by atoms with Gasteiger partial charge in [-0.15, -0.1) is 0 Å². The van der Waals surface area contributed by atoms with Gasteiger partial charge in [-0.05, 0) is 36.8 Å². The van der Waals surface area contributed by atoms with Gasteiger partial charge in [0, 0.05) is 11.4 Å². The summed E-state index contributed by atoms with van der Waals surface area (Å²) in [6.07, 6.45) is 5.91. The molecule has 0 radical (unpaired) electrons. The number of hydrogen-bond donors (Lipinski definition) is 1. The van der Waals surface area contributed by atoms with Crippen molar-refractivity contribution >= 4 is 44.2 Å². The maximum atomic E-state index is 12.1. The second-order valence-electron chi connectivity index (χ2n) is 4.96. The molecule has 0 aliphatic carbocycles. The Bertz CT molecular complexity index is 827. The Balaban J connectivity index is 1.96. The van der Waals surface area contributed by atoms with Crippen molar-refractivity contribution in [1.29, 1.82) is 0 Å². The van der Waals surface area contributed by atoms with Crippen LogP contribution in [-0.4, -0.2) is 25.1 Å². The quantitative estimate of drug-likeness (QED) is 0.523. The first-order valence-electron chi connectivity index (χ1n) is 7.54. The van der Waals surface area contributed by atoms with Crippen molar-refractivity contribution in [2.75, 3.05) is 19.5 Å². The molecule has 0 saturated carbocycles. The summed E-state index contributed by atoms with van der Waals surface area (Å²) >= 11 is 7.35. The van der Waals surface area contributed by atoms with Crippen molar-refractivity contribution in [1.82, 2.24) is 4.98 Å². The zero-order chi connectivity index (χ0) is 18.2. The highest BCUT2D eigenvalue weighted by molar-refractivity contribution is 7.22. The Kier molecular flexibility index (Phi) is 7.03. The smallest absolute Gasteiger partial charge is 0.226 e. The molecule has 7 heteroatoms. The standard InChI is InChI=1S/C18H19ClN2O3S/c1-4-6-14(23-2)15(24-3)7-5-8-17(22)21-18-20-13-10-9-12(19)11-16(13)25-18/h4,6-7,9-11H,1,5,8H2,2-3H3,(H,20,21,22)/b14-6+,15-7+. The number of fused-ring (bicyclic) bond motifs is 1. The van der Waals surface area contributed by atoms with Gasteiger partial charge < -0.3 is 14.8 Å². The average Bonchev–Trinajstić information content (AvgIpc) is 2.98. The Morgan fingerprint density at radius 3 is 2.80 bits per heavy atom. The first-order valence-corrected chi connectivity index (χ1v) is 8.74. The molecule has 0 aliphatic heterocycles. The molecular weight excluding hydrogens is 360 g/mol. The monoisotopic (exact) mass is 378 g/mol. The van der Waals surface area contributed by atoms with Gasteiger partial charge in [0.1, 0.15) is 0 Å². The summed E-state index contributed by atoms with van der Waals surface area (Å²) in [6, 6.07) is 5.43. The number of rotatable bonds is 8. The summed E-state index contributed by atoms with van der Waals surface area (Å²) in [7, 11) is 3.10. The summed E-state index contributed by atoms with van der Waals surface area (Å²) in [6.45, 7) is 3.63. The fourth-order valence-electron chi connectivity index (χ4n) is 2.11. The first kappa shape index (κ1) is 19.0. The lowest BCUT2D eigenvalue weighted by Gasteiger charge is -2.09. The third-order valence-electron chi connectivity index (χ3n) is 3.25. The highest BCUT2D eigenvalue weighted by Crippen LogP contribution is 2.28. The SMILES string of the molecule is C=C/C=C(OC)\C(=C/CCC(=O)Nc1nc2ccc(Cl)cc2s1)OC. The largest absolute Gasteiger partial charge is 0.493 e. The molecule has 2 rings (SSSR count). The molecule has 0 fully saturated rings. The number of anilines is 1. The second-order valence-corrected chi connectivity index (χ2v) is 6.43. The third kappa shape index (κ3) is 5.34. The fourth-order valence-corrected chi connectivity index (χ4v) is 3.27. The highest BCUT2D eigenvalue weighted by atomic mass is 35.5. The third-order valence-corrected chi connectivity index (χ3v) is 4.42. The van der Waals surface area contributed by atoms with E-state index in [9.17, 15) is 4.79 Å². The molecule has 25 heavy (non-hydrogen) atoms. The molecule has 0 bridgehead atoms. The molecule has 2 aromatic rings. The van der Waals surface area contributed by atoms with E-state index < -0.39 is 0 Å². The molecule has 1 aromatic heterocycles. The highest BCUT2D eigenvalue weighted by Gasteiger charge is 2.09. The van der Waals surface area contributed by atoms with Crippen LogP contribution in [-0.2, 0) is 14.3 Å². The van der Waals surface area contributed by atoms with Gasteiger partial charge in [-0.3, -0.25) is 4.79 Å². The molecule has 132 valence electrons. The van der Waals surface area contributed by atoms with Crippen LogP contribution in [0.5, 0.6) is 0 Å². The number of aromatic nitrogens is 1. The number of benzene rings is 1. The van der Waals surface area contributed by atoms with Crippen LogP contribution in [0.2, 0.25) is 5.02 Å². The van der Waals surface area contributed by atoms with E-state index in [0.29, 0.717) is 34.5 Å². The van der Waals surface area contributed by atoms with Crippen molar-refractivity contribution in [3.63, 3.8) is 0 Å². The molecule has 1 amide bonds. The van der Waals surface area contributed by atoms with Crippen LogP contribution in [0.25, 0.3) is 10.2 Å². The number of amides is 1. The van der Waals surface area contributed by atoms with E-state index in [1.54, 1.807) is 38.5 Å². The lowest BCUT2D eigenvalue weighted by atomic mass is 10.2. The van der Waals surface area contributed by atoms with Gasteiger partial charge in [-0.2, -0.15) is 0 Å². The molecule has 1 N–H and O–H groups in total. The van der Waals surface area contributed by atoms with Crippen LogP contribution < -0.4 is 5.32 Å². The molecule has 5 nitrogen and oxygen atoms in total. The van der Waals surface area contributed by atoms with Crippen molar-refractivity contribution in [3.05, 3.63) is 59.5 Å². The van der Waals surface area contributed by atoms with Gasteiger partial charge in [0.05, 0.1) is 24.4 Å². The van der Waals surface area contributed by atoms with E-state index in [4.69, 9.17) is 21.1 Å². The number of methoxy groups -OCH3 is 2. The first-order chi connectivity index (χ1) is 12.1. The molecule has 1 heterocycles. The van der Waals surface area contributed by atoms with E-state index in [1.807, 2.05) is 12.1 Å². The lowest BCUT2D eigenvalue weighted by molar-refractivity contribution is -0.116. The van der Waals surface area contributed by atoms with Crippen LogP contribution in [0, 0.1) is 0 Å². The van der Waals surface area contributed by atoms with E-state index in [1.165, 1.54) is 11.3 Å². The minimum atomic E-state index is -0.122. The van der Waals surface area contributed by atoms with Crippen LogP contribution in [0.15, 0.2) is 54.5 Å². The topological polar surface area (TPSA) is 60.5 Å². The minimum absolute atomic E-state index is 0.122. The predicted octanol–water partition coefficient (Wildman–Crippen LogP) is 4.92. The Morgan fingerprint density at radius 1 is 1.36 bits per heavy atom. The number of carbonyl (C=O) groups excluding carboxylic acids is 1. The fraction of sp³-hybridized carbons (Fsp3) is 0.222. The maximum Gasteiger partial charge on any atom is 0.226 e. The van der Waals surface area contributed by atoms with Crippen molar-refractivity contribution in [3.8, 4) is 0 Å². The van der Waals surface area contributed by atoms with Crippen LogP contribution in [0.3, 0.4) is 0 Å². The zero-order valence-corrected chi connectivity index (χ0v) is 15.6. The Labute approximate surface area is 155 Å². The number of ether oxygens (including phenoxy) is 2. The number of nitrogens with zero attached hydrogens (tertiary/aromatic N) is 1. The van der Waals surface area contributed by atoms with E-state index in [2.05, 4.69) is 16.9 Å². The second kappa shape index (κ2) is 9.25. The number of halogens is 1. The zero-order valence-electron chi connectivity index (χ0n) is 14.0. The van der Waals surface area contributed by atoms with E-state index in [-0.39, 0.29) is 5.91 Å².